The van der Waals surface area contributed by atoms with Crippen LogP contribution in [0.15, 0.2) is 24.3 Å². The topological polar surface area (TPSA) is 61.4 Å². The first-order chi connectivity index (χ1) is 10.2. The van der Waals surface area contributed by atoms with Crippen molar-refractivity contribution >= 4 is 29.1 Å². The molecule has 0 aromatic heterocycles. The molecular formula is C13H15ClF3N3O2. The van der Waals surface area contributed by atoms with Crippen LogP contribution in [0.3, 0.4) is 0 Å². The molecule has 2 amide bonds. The lowest BCUT2D eigenvalue weighted by atomic mass is 10.3. The van der Waals surface area contributed by atoms with Crippen molar-refractivity contribution in [3.05, 3.63) is 29.3 Å². The summed E-state index contributed by atoms with van der Waals surface area (Å²) in [6.07, 6.45) is -4.46. The van der Waals surface area contributed by atoms with E-state index in [0.29, 0.717) is 10.7 Å². The molecule has 5 nitrogen and oxygen atoms in total. The van der Waals surface area contributed by atoms with E-state index in [9.17, 15) is 22.8 Å². The Hall–Kier alpha value is -1.80. The van der Waals surface area contributed by atoms with Gasteiger partial charge in [-0.1, -0.05) is 23.7 Å². The maximum Gasteiger partial charge on any atom is 0.405 e. The minimum atomic E-state index is -4.46. The van der Waals surface area contributed by atoms with Gasteiger partial charge in [0.1, 0.15) is 6.54 Å². The van der Waals surface area contributed by atoms with E-state index in [1.807, 2.05) is 0 Å². The molecule has 1 aromatic rings. The van der Waals surface area contributed by atoms with Crippen LogP contribution in [0.4, 0.5) is 18.9 Å². The summed E-state index contributed by atoms with van der Waals surface area (Å²) in [6, 6.07) is 6.60. The molecule has 1 aromatic carbocycles. The predicted molar refractivity (Wildman–Crippen MR) is 76.6 cm³/mol. The molecule has 0 aliphatic heterocycles. The van der Waals surface area contributed by atoms with E-state index in [4.69, 9.17) is 11.6 Å². The van der Waals surface area contributed by atoms with E-state index in [2.05, 4.69) is 5.32 Å². The Kier molecular flexibility index (Phi) is 6.63. The van der Waals surface area contributed by atoms with Crippen molar-refractivity contribution in [2.75, 3.05) is 32.0 Å². The van der Waals surface area contributed by atoms with Gasteiger partial charge in [0, 0.05) is 0 Å². The van der Waals surface area contributed by atoms with Gasteiger partial charge in [-0.25, -0.2) is 0 Å². The Labute approximate surface area is 130 Å². The number of benzene rings is 1. The molecule has 1 rings (SSSR count). The lowest BCUT2D eigenvalue weighted by molar-refractivity contribution is -0.139. The van der Waals surface area contributed by atoms with Crippen LogP contribution >= 0.6 is 11.6 Å². The quantitative estimate of drug-likeness (QED) is 0.833. The van der Waals surface area contributed by atoms with Gasteiger partial charge >= 0.3 is 6.18 Å². The summed E-state index contributed by atoms with van der Waals surface area (Å²) in [5, 5.41) is 4.64. The van der Waals surface area contributed by atoms with Crippen LogP contribution < -0.4 is 10.6 Å². The molecular weight excluding hydrogens is 323 g/mol. The number of alkyl halides is 3. The molecule has 0 heterocycles. The van der Waals surface area contributed by atoms with E-state index in [0.717, 1.165) is 0 Å². The number of hydrogen-bond acceptors (Lipinski definition) is 3. The average molecular weight is 338 g/mol. The molecule has 0 atom stereocenters. The highest BCUT2D eigenvalue weighted by Crippen LogP contribution is 2.20. The Morgan fingerprint density at radius 1 is 1.18 bits per heavy atom. The van der Waals surface area contributed by atoms with Gasteiger partial charge in [-0.2, -0.15) is 13.2 Å². The SMILES string of the molecule is CN(CC(=O)NCC(F)(F)F)CC(=O)Nc1ccccc1Cl. The van der Waals surface area contributed by atoms with Crippen molar-refractivity contribution in [2.24, 2.45) is 0 Å². The van der Waals surface area contributed by atoms with Gasteiger partial charge in [-0.3, -0.25) is 14.5 Å². The van der Waals surface area contributed by atoms with Crippen molar-refractivity contribution in [3.8, 4) is 0 Å². The van der Waals surface area contributed by atoms with Crippen LogP contribution in [0, 0.1) is 0 Å². The summed E-state index contributed by atoms with van der Waals surface area (Å²) in [7, 11) is 1.44. The van der Waals surface area contributed by atoms with Crippen molar-refractivity contribution in [1.29, 1.82) is 0 Å². The van der Waals surface area contributed by atoms with Crippen LogP contribution in [-0.4, -0.2) is 49.6 Å². The lowest BCUT2D eigenvalue weighted by Crippen LogP contribution is -2.41. The molecule has 0 saturated carbocycles. The molecule has 122 valence electrons. The number of carbonyl (C=O) groups is 2. The first kappa shape index (κ1) is 18.2. The molecule has 0 saturated heterocycles. The summed E-state index contributed by atoms with van der Waals surface area (Å²) in [5.74, 6) is -1.25. The van der Waals surface area contributed by atoms with Gasteiger partial charge in [0.2, 0.25) is 11.8 Å². The number of amides is 2. The van der Waals surface area contributed by atoms with Gasteiger partial charge in [0.15, 0.2) is 0 Å². The van der Waals surface area contributed by atoms with Crippen molar-refractivity contribution in [3.63, 3.8) is 0 Å². The molecule has 0 unspecified atom stereocenters. The number of likely N-dealkylation sites (N-methyl/N-ethyl adjacent to an activating group) is 1. The molecule has 2 N–H and O–H groups in total. The third-order valence-electron chi connectivity index (χ3n) is 2.46. The maximum atomic E-state index is 11.9. The lowest BCUT2D eigenvalue weighted by Gasteiger charge is -2.16. The maximum absolute atomic E-state index is 11.9. The fourth-order valence-corrected chi connectivity index (χ4v) is 1.74. The Morgan fingerprint density at radius 2 is 1.77 bits per heavy atom. The number of rotatable bonds is 6. The Morgan fingerprint density at radius 3 is 2.36 bits per heavy atom. The number of hydrogen-bond donors (Lipinski definition) is 2. The van der Waals surface area contributed by atoms with Gasteiger partial charge in [-0.15, -0.1) is 0 Å². The number of nitrogens with zero attached hydrogens (tertiary/aromatic N) is 1. The van der Waals surface area contributed by atoms with Crippen molar-refractivity contribution < 1.29 is 22.8 Å². The third kappa shape index (κ3) is 7.28. The molecule has 22 heavy (non-hydrogen) atoms. The molecule has 0 aliphatic carbocycles. The first-order valence-corrected chi connectivity index (χ1v) is 6.61. The molecule has 0 radical (unpaired) electrons. The summed E-state index contributed by atoms with van der Waals surface area (Å²) < 4.78 is 35.8. The minimum Gasteiger partial charge on any atom is -0.346 e. The number of anilines is 1. The largest absolute Gasteiger partial charge is 0.405 e. The normalized spacial score (nSPS) is 11.4. The van der Waals surface area contributed by atoms with Gasteiger partial charge in [-0.05, 0) is 19.2 Å². The zero-order chi connectivity index (χ0) is 16.8. The van der Waals surface area contributed by atoms with Crippen molar-refractivity contribution in [2.45, 2.75) is 6.18 Å². The number of carbonyl (C=O) groups excluding carboxylic acids is 2. The molecule has 0 aliphatic rings. The van der Waals surface area contributed by atoms with Crippen LogP contribution in [0.5, 0.6) is 0 Å². The second-order valence-electron chi connectivity index (χ2n) is 4.59. The van der Waals surface area contributed by atoms with E-state index in [1.165, 1.54) is 11.9 Å². The van der Waals surface area contributed by atoms with E-state index in [-0.39, 0.29) is 13.1 Å². The third-order valence-corrected chi connectivity index (χ3v) is 2.79. The second-order valence-corrected chi connectivity index (χ2v) is 5.00. The predicted octanol–water partition coefficient (Wildman–Crippen LogP) is 1.89. The second kappa shape index (κ2) is 8.00. The summed E-state index contributed by atoms with van der Waals surface area (Å²) in [6.45, 7) is -1.89. The zero-order valence-corrected chi connectivity index (χ0v) is 12.5. The summed E-state index contributed by atoms with van der Waals surface area (Å²) in [5.41, 5.74) is 0.420. The fourth-order valence-electron chi connectivity index (χ4n) is 1.55. The van der Waals surface area contributed by atoms with Gasteiger partial charge in [0.05, 0.1) is 23.8 Å². The first-order valence-electron chi connectivity index (χ1n) is 6.24. The molecule has 9 heteroatoms. The van der Waals surface area contributed by atoms with Crippen LogP contribution in [0.1, 0.15) is 0 Å². The van der Waals surface area contributed by atoms with Crippen LogP contribution in [0.2, 0.25) is 5.02 Å². The van der Waals surface area contributed by atoms with Crippen LogP contribution in [0.25, 0.3) is 0 Å². The van der Waals surface area contributed by atoms with Crippen molar-refractivity contribution in [1.82, 2.24) is 10.2 Å². The van der Waals surface area contributed by atoms with Gasteiger partial charge in [0.25, 0.3) is 0 Å². The fraction of sp³-hybridized carbons (Fsp3) is 0.385. The number of nitrogens with one attached hydrogen (secondary N) is 2. The highest BCUT2D eigenvalue weighted by molar-refractivity contribution is 6.33. The van der Waals surface area contributed by atoms with E-state index in [1.54, 1.807) is 29.6 Å². The molecule has 0 spiro atoms. The minimum absolute atomic E-state index is 0.162. The average Bonchev–Trinajstić information content (AvgIpc) is 2.38. The Bertz CT molecular complexity index is 538. The van der Waals surface area contributed by atoms with Gasteiger partial charge < -0.3 is 10.6 Å². The van der Waals surface area contributed by atoms with E-state index < -0.39 is 24.5 Å². The number of para-hydroxylation sites is 1. The smallest absolute Gasteiger partial charge is 0.346 e. The summed E-state index contributed by atoms with van der Waals surface area (Å²) >= 11 is 5.87. The highest BCUT2D eigenvalue weighted by Gasteiger charge is 2.27. The van der Waals surface area contributed by atoms with Crippen LogP contribution in [-0.2, 0) is 9.59 Å². The van der Waals surface area contributed by atoms with E-state index >= 15 is 0 Å². The highest BCUT2D eigenvalue weighted by atomic mass is 35.5. The zero-order valence-electron chi connectivity index (χ0n) is 11.7. The number of halogens is 4. The summed E-state index contributed by atoms with van der Waals surface area (Å²) in [4.78, 5) is 24.3. The standard InChI is InChI=1S/C13H15ClF3N3O2/c1-20(6-11(21)18-8-13(15,16)17)7-12(22)19-10-5-3-2-4-9(10)14/h2-5H,6-8H2,1H3,(H,18,21)(H,19,22). The molecule has 0 bridgehead atoms. The molecule has 0 fully saturated rings. The monoisotopic (exact) mass is 337 g/mol. The Balaban J connectivity index is 2.38.